The van der Waals surface area contributed by atoms with E-state index in [-0.39, 0.29) is 11.4 Å². The summed E-state index contributed by atoms with van der Waals surface area (Å²) in [5, 5.41) is 13.7. The number of carbonyl (C=O) groups excluding carboxylic acids is 1. The van der Waals surface area contributed by atoms with Crippen LogP contribution in [-0.4, -0.2) is 42.7 Å². The molecule has 1 amide bonds. The first kappa shape index (κ1) is 24.9. The van der Waals surface area contributed by atoms with Crippen molar-refractivity contribution in [2.45, 2.75) is 43.3 Å². The Balaban J connectivity index is 1.33. The summed E-state index contributed by atoms with van der Waals surface area (Å²) in [6.07, 6.45) is 1.75. The van der Waals surface area contributed by atoms with E-state index in [1.54, 1.807) is 0 Å². The molecule has 1 fully saturated rings. The van der Waals surface area contributed by atoms with Gasteiger partial charge in [-0.15, -0.1) is 11.3 Å². The monoisotopic (exact) mass is 540 g/mol. The van der Waals surface area contributed by atoms with Crippen LogP contribution in [0.3, 0.4) is 0 Å². The third kappa shape index (κ3) is 4.92. The molecule has 1 atom stereocenters. The zero-order valence-electron chi connectivity index (χ0n) is 19.5. The van der Waals surface area contributed by atoms with Gasteiger partial charge in [0, 0.05) is 36.1 Å². The van der Waals surface area contributed by atoms with E-state index in [0.29, 0.717) is 35.0 Å². The summed E-state index contributed by atoms with van der Waals surface area (Å²) in [6, 6.07) is 17.6. The van der Waals surface area contributed by atoms with Gasteiger partial charge in [-0.3, -0.25) is 9.69 Å². The van der Waals surface area contributed by atoms with Crippen LogP contribution in [0.4, 0.5) is 5.00 Å². The lowest BCUT2D eigenvalue weighted by Crippen LogP contribution is -2.43. The van der Waals surface area contributed by atoms with Crippen LogP contribution in [0.2, 0.25) is 5.02 Å². The van der Waals surface area contributed by atoms with E-state index in [1.165, 1.54) is 45.5 Å². The second kappa shape index (κ2) is 10.3. The number of hydrogen-bond acceptors (Lipinski definition) is 6. The molecule has 2 aliphatic rings. The van der Waals surface area contributed by atoms with Crippen molar-refractivity contribution < 1.29 is 13.2 Å². The number of rotatable bonds is 6. The Labute approximate surface area is 220 Å². The quantitative estimate of drug-likeness (QED) is 0.492. The minimum Gasteiger partial charge on any atom is -0.315 e. The highest BCUT2D eigenvalue weighted by molar-refractivity contribution is 7.89. The zero-order valence-corrected chi connectivity index (χ0v) is 21.9. The normalized spacial score (nSPS) is 18.5. The van der Waals surface area contributed by atoms with Crippen LogP contribution in [0.25, 0.3) is 0 Å². The minimum atomic E-state index is -3.85. The molecular weight excluding hydrogens is 516 g/mol. The van der Waals surface area contributed by atoms with Crippen LogP contribution in [0, 0.1) is 11.3 Å². The molecule has 3 aromatic rings. The first-order valence-electron chi connectivity index (χ1n) is 11.8. The highest BCUT2D eigenvalue weighted by Gasteiger charge is 2.40. The van der Waals surface area contributed by atoms with E-state index >= 15 is 0 Å². The third-order valence-corrected chi connectivity index (χ3v) is 9.97. The van der Waals surface area contributed by atoms with Gasteiger partial charge in [-0.2, -0.15) is 9.57 Å². The van der Waals surface area contributed by atoms with E-state index in [9.17, 15) is 18.5 Å². The lowest BCUT2D eigenvalue weighted by Gasteiger charge is -2.26. The van der Waals surface area contributed by atoms with Gasteiger partial charge >= 0.3 is 0 Å². The van der Waals surface area contributed by atoms with Crippen molar-refractivity contribution in [3.8, 4) is 6.07 Å². The average Bonchev–Trinajstić information content (AvgIpc) is 3.50. The number of fused-ring (bicyclic) bond motifs is 1. The van der Waals surface area contributed by atoms with E-state index in [4.69, 9.17) is 11.6 Å². The second-order valence-electron chi connectivity index (χ2n) is 8.98. The summed E-state index contributed by atoms with van der Waals surface area (Å²) in [4.78, 5) is 16.8. The molecule has 2 aliphatic heterocycles. The third-order valence-electron chi connectivity index (χ3n) is 6.66. The summed E-state index contributed by atoms with van der Waals surface area (Å²) < 4.78 is 27.7. The van der Waals surface area contributed by atoms with E-state index in [0.717, 1.165) is 30.0 Å². The molecule has 36 heavy (non-hydrogen) atoms. The molecule has 10 heteroatoms. The maximum absolute atomic E-state index is 13.3. The molecule has 1 aromatic heterocycles. The summed E-state index contributed by atoms with van der Waals surface area (Å²) in [7, 11) is -3.85. The Morgan fingerprint density at radius 3 is 2.61 bits per heavy atom. The van der Waals surface area contributed by atoms with Gasteiger partial charge in [-0.1, -0.05) is 41.9 Å². The zero-order chi connectivity index (χ0) is 25.3. The molecule has 1 N–H and O–H groups in total. The molecule has 186 valence electrons. The Morgan fingerprint density at radius 2 is 1.89 bits per heavy atom. The molecule has 2 aromatic carbocycles. The number of nitrogens with zero attached hydrogens (tertiary/aromatic N) is 3. The minimum absolute atomic E-state index is 0.106. The summed E-state index contributed by atoms with van der Waals surface area (Å²) in [6.45, 7) is 2.63. The predicted molar refractivity (Wildman–Crippen MR) is 140 cm³/mol. The van der Waals surface area contributed by atoms with Crippen molar-refractivity contribution in [1.82, 2.24) is 9.21 Å². The fraction of sp³-hybridized carbons (Fsp3) is 0.308. The molecule has 1 saturated heterocycles. The average molecular weight is 541 g/mol. The van der Waals surface area contributed by atoms with Gasteiger partial charge in [-0.05, 0) is 54.7 Å². The number of hydrogen-bond donors (Lipinski definition) is 1. The molecule has 0 aliphatic carbocycles. The number of halogens is 1. The molecule has 1 unspecified atom stereocenters. The summed E-state index contributed by atoms with van der Waals surface area (Å²) >= 11 is 7.33. The molecule has 0 saturated carbocycles. The first-order valence-corrected chi connectivity index (χ1v) is 14.4. The van der Waals surface area contributed by atoms with Crippen LogP contribution in [0.1, 0.15) is 34.4 Å². The summed E-state index contributed by atoms with van der Waals surface area (Å²) in [5.74, 6) is -0.402. The number of nitriles is 1. The Kier molecular flexibility index (Phi) is 7.15. The molecule has 0 radical (unpaired) electrons. The number of amides is 1. The van der Waals surface area contributed by atoms with Crippen molar-refractivity contribution in [1.29, 1.82) is 5.26 Å². The lowest BCUT2D eigenvalue weighted by atomic mass is 10.0. The number of sulfonamides is 1. The Bertz CT molecular complexity index is 1420. The number of benzene rings is 2. The Morgan fingerprint density at radius 1 is 1.14 bits per heavy atom. The maximum Gasteiger partial charge on any atom is 0.243 e. The predicted octanol–water partition coefficient (Wildman–Crippen LogP) is 4.62. The molecule has 0 spiro atoms. The van der Waals surface area contributed by atoms with Crippen molar-refractivity contribution in [3.63, 3.8) is 0 Å². The standard InChI is InChI=1S/C26H25ClN4O3S2/c27-19-8-10-20(11-9-19)36(33,34)31-13-4-7-23(31)25(32)29-26-22(15-28)21-12-14-30(17-24(21)35-26)16-18-5-2-1-3-6-18/h1-3,5-6,8-11,23H,4,7,12-14,16-17H2,(H,29,32). The van der Waals surface area contributed by atoms with Gasteiger partial charge < -0.3 is 5.32 Å². The molecule has 7 nitrogen and oxygen atoms in total. The van der Waals surface area contributed by atoms with Gasteiger partial charge in [0.1, 0.15) is 17.1 Å². The van der Waals surface area contributed by atoms with Gasteiger partial charge in [0.05, 0.1) is 10.5 Å². The van der Waals surface area contributed by atoms with Crippen LogP contribution in [-0.2, 0) is 34.3 Å². The largest absolute Gasteiger partial charge is 0.315 e. The van der Waals surface area contributed by atoms with E-state index in [2.05, 4.69) is 28.4 Å². The van der Waals surface area contributed by atoms with Crippen molar-refractivity contribution >= 4 is 43.9 Å². The fourth-order valence-electron chi connectivity index (χ4n) is 4.87. The molecular formula is C26H25ClN4O3S2. The SMILES string of the molecule is N#Cc1c(NC(=O)C2CCCN2S(=O)(=O)c2ccc(Cl)cc2)sc2c1CCN(Cc1ccccc1)C2. The highest BCUT2D eigenvalue weighted by atomic mass is 35.5. The van der Waals surface area contributed by atoms with Crippen molar-refractivity contribution in [2.75, 3.05) is 18.4 Å². The molecule has 0 bridgehead atoms. The van der Waals surface area contributed by atoms with Crippen molar-refractivity contribution in [2.24, 2.45) is 0 Å². The van der Waals surface area contributed by atoms with Crippen LogP contribution in [0.5, 0.6) is 0 Å². The molecule has 5 rings (SSSR count). The van der Waals surface area contributed by atoms with Gasteiger partial charge in [0.2, 0.25) is 15.9 Å². The van der Waals surface area contributed by atoms with Crippen molar-refractivity contribution in [3.05, 3.63) is 81.2 Å². The Hall–Kier alpha value is -2.74. The highest BCUT2D eigenvalue weighted by Crippen LogP contribution is 2.38. The first-order chi connectivity index (χ1) is 17.4. The second-order valence-corrected chi connectivity index (χ2v) is 12.4. The lowest BCUT2D eigenvalue weighted by molar-refractivity contribution is -0.119. The van der Waals surface area contributed by atoms with E-state index in [1.807, 2.05) is 18.2 Å². The topological polar surface area (TPSA) is 93.5 Å². The van der Waals surface area contributed by atoms with Gasteiger partial charge in [0.25, 0.3) is 0 Å². The van der Waals surface area contributed by atoms with Crippen LogP contribution in [0.15, 0.2) is 59.5 Å². The van der Waals surface area contributed by atoms with Crippen LogP contribution < -0.4 is 5.32 Å². The molecule has 3 heterocycles. The van der Waals surface area contributed by atoms with Gasteiger partial charge in [0.15, 0.2) is 0 Å². The maximum atomic E-state index is 13.3. The smallest absolute Gasteiger partial charge is 0.243 e. The number of anilines is 1. The number of thiophene rings is 1. The summed E-state index contributed by atoms with van der Waals surface area (Å²) in [5.41, 5.74) is 2.71. The fourth-order valence-corrected chi connectivity index (χ4v) is 7.89. The van der Waals surface area contributed by atoms with E-state index < -0.39 is 22.0 Å². The van der Waals surface area contributed by atoms with Gasteiger partial charge in [-0.25, -0.2) is 8.42 Å². The number of nitrogens with one attached hydrogen (secondary N) is 1. The van der Waals surface area contributed by atoms with Crippen LogP contribution >= 0.6 is 22.9 Å². The number of carbonyl (C=O) groups is 1.